The van der Waals surface area contributed by atoms with Crippen molar-refractivity contribution >= 4 is 22.5 Å². The number of halogens is 6. The second-order valence-electron chi connectivity index (χ2n) is 8.22. The molecule has 0 radical (unpaired) electrons. The summed E-state index contributed by atoms with van der Waals surface area (Å²) in [6.45, 7) is 2.22. The number of H-pyrrole nitrogens is 1. The molecule has 0 saturated carbocycles. The number of fused-ring (bicyclic) bond motifs is 1. The van der Waals surface area contributed by atoms with Crippen molar-refractivity contribution in [1.29, 1.82) is 0 Å². The Balaban J connectivity index is 1.96. The summed E-state index contributed by atoms with van der Waals surface area (Å²) in [4.78, 5) is 15.7. The van der Waals surface area contributed by atoms with Gasteiger partial charge in [0.2, 0.25) is 5.82 Å². The van der Waals surface area contributed by atoms with Crippen LogP contribution in [-0.4, -0.2) is 23.9 Å². The number of aromatic nitrogens is 1. The minimum Gasteiger partial charge on any atom is -0.493 e. The van der Waals surface area contributed by atoms with Gasteiger partial charge in [0.1, 0.15) is 6.10 Å². The Hall–Kier alpha value is -2.65. The quantitative estimate of drug-likeness (QED) is 0.442. The van der Waals surface area contributed by atoms with Crippen molar-refractivity contribution in [3.05, 3.63) is 74.5 Å². The Morgan fingerprint density at radius 3 is 2.48 bits per heavy atom. The average Bonchev–Trinajstić information content (AvgIpc) is 3.02. The van der Waals surface area contributed by atoms with Crippen molar-refractivity contribution in [1.82, 2.24) is 4.98 Å². The van der Waals surface area contributed by atoms with E-state index in [2.05, 4.69) is 4.98 Å². The lowest BCUT2D eigenvalue weighted by molar-refractivity contribution is -0.275. The maximum Gasteiger partial charge on any atom is 0.417 e. The first-order valence-electron chi connectivity index (χ1n) is 9.98. The zero-order valence-corrected chi connectivity index (χ0v) is 18.4. The highest BCUT2D eigenvalue weighted by Gasteiger charge is 2.65. The lowest BCUT2D eigenvalue weighted by atomic mass is 9.76. The molecule has 1 fully saturated rings. The molecule has 0 amide bonds. The van der Waals surface area contributed by atoms with Crippen LogP contribution in [0.2, 0.25) is 5.02 Å². The smallest absolute Gasteiger partial charge is 0.417 e. The molecular weight excluding hydrogens is 469 g/mol. The van der Waals surface area contributed by atoms with Gasteiger partial charge in [-0.05, 0) is 31.2 Å². The van der Waals surface area contributed by atoms with Crippen molar-refractivity contribution in [2.45, 2.75) is 37.6 Å². The molecule has 2 heterocycles. The van der Waals surface area contributed by atoms with Crippen molar-refractivity contribution in [2.24, 2.45) is 5.92 Å². The molecule has 1 saturated heterocycles. The van der Waals surface area contributed by atoms with Crippen LogP contribution in [0.4, 0.5) is 22.0 Å². The van der Waals surface area contributed by atoms with Gasteiger partial charge in [-0.1, -0.05) is 24.6 Å². The van der Waals surface area contributed by atoms with Crippen LogP contribution >= 0.6 is 11.6 Å². The van der Waals surface area contributed by atoms with E-state index in [0.717, 1.165) is 26.2 Å². The molecule has 2 aromatic carbocycles. The number of benzene rings is 2. The summed E-state index contributed by atoms with van der Waals surface area (Å²) in [7, 11) is 1.10. The summed E-state index contributed by atoms with van der Waals surface area (Å²) in [6.07, 6.45) is -6.12. The van der Waals surface area contributed by atoms with Gasteiger partial charge in [-0.15, -0.1) is 0 Å². The minimum absolute atomic E-state index is 0.000993. The van der Waals surface area contributed by atoms with Crippen LogP contribution in [0.3, 0.4) is 0 Å². The van der Waals surface area contributed by atoms with Crippen LogP contribution in [0.5, 0.6) is 5.75 Å². The highest BCUT2D eigenvalue weighted by atomic mass is 35.5. The Bertz CT molecular complexity index is 1290. The van der Waals surface area contributed by atoms with Gasteiger partial charge in [0.05, 0.1) is 7.11 Å². The van der Waals surface area contributed by atoms with Crippen molar-refractivity contribution in [3.63, 3.8) is 0 Å². The zero-order chi connectivity index (χ0) is 24.3. The molecule has 0 aliphatic carbocycles. The van der Waals surface area contributed by atoms with E-state index in [1.165, 1.54) is 31.2 Å². The summed E-state index contributed by atoms with van der Waals surface area (Å²) in [5.74, 6) is -5.40. The van der Waals surface area contributed by atoms with Gasteiger partial charge in [0, 0.05) is 45.1 Å². The zero-order valence-electron chi connectivity index (χ0n) is 17.7. The van der Waals surface area contributed by atoms with E-state index in [9.17, 15) is 26.7 Å². The fourth-order valence-electron chi connectivity index (χ4n) is 4.47. The molecule has 1 aromatic heterocycles. The number of aromatic amines is 1. The number of nitrogens with one attached hydrogen (secondary N) is 1. The standard InChI is InChI=1S/C23H19ClF5NO3/c1-10-18(12-5-6-14(25)19(26)20(12)32-3)21(33-22(10,2)23(27,28)29)16-9-17(31)13-8-11(24)4-7-15(13)30-16/h4-10,18,21H,1-3H3,(H,30,31)/t10-,18-,21-,22+/m0/s1. The van der Waals surface area contributed by atoms with E-state index < -0.39 is 52.5 Å². The molecule has 4 atom stereocenters. The van der Waals surface area contributed by atoms with Crippen LogP contribution < -0.4 is 10.2 Å². The van der Waals surface area contributed by atoms with Crippen molar-refractivity contribution in [3.8, 4) is 5.75 Å². The van der Waals surface area contributed by atoms with Crippen LogP contribution in [0, 0.1) is 17.6 Å². The predicted octanol–water partition coefficient (Wildman–Crippen LogP) is 6.28. The summed E-state index contributed by atoms with van der Waals surface area (Å²) >= 11 is 5.95. The number of rotatable bonds is 3. The summed E-state index contributed by atoms with van der Waals surface area (Å²) in [6, 6.07) is 7.63. The third kappa shape index (κ3) is 3.67. The van der Waals surface area contributed by atoms with E-state index in [4.69, 9.17) is 21.1 Å². The van der Waals surface area contributed by atoms with E-state index >= 15 is 0 Å². The first kappa shape index (κ1) is 23.5. The fourth-order valence-corrected chi connectivity index (χ4v) is 4.65. The molecule has 1 aliphatic heterocycles. The third-order valence-electron chi connectivity index (χ3n) is 6.43. The molecule has 1 aliphatic rings. The highest BCUT2D eigenvalue weighted by Crippen LogP contribution is 2.59. The Kier molecular flexibility index (Phi) is 5.69. The van der Waals surface area contributed by atoms with E-state index in [1.54, 1.807) is 0 Å². The number of methoxy groups -OCH3 is 1. The highest BCUT2D eigenvalue weighted by molar-refractivity contribution is 6.31. The number of alkyl halides is 3. The van der Waals surface area contributed by atoms with Crippen LogP contribution in [0.25, 0.3) is 10.9 Å². The number of pyridine rings is 1. The molecule has 1 N–H and O–H groups in total. The second-order valence-corrected chi connectivity index (χ2v) is 8.66. The molecule has 10 heteroatoms. The average molecular weight is 488 g/mol. The maximum atomic E-state index is 14.5. The Morgan fingerprint density at radius 1 is 1.15 bits per heavy atom. The monoisotopic (exact) mass is 487 g/mol. The molecule has 33 heavy (non-hydrogen) atoms. The van der Waals surface area contributed by atoms with Gasteiger partial charge >= 0.3 is 6.18 Å². The lowest BCUT2D eigenvalue weighted by Gasteiger charge is -2.32. The molecule has 3 aromatic rings. The van der Waals surface area contributed by atoms with Crippen LogP contribution in [-0.2, 0) is 4.74 Å². The Morgan fingerprint density at radius 2 is 1.85 bits per heavy atom. The number of hydrogen-bond donors (Lipinski definition) is 1. The van der Waals surface area contributed by atoms with Gasteiger partial charge in [0.15, 0.2) is 22.6 Å². The number of ether oxygens (including phenoxy) is 2. The van der Waals surface area contributed by atoms with Crippen molar-refractivity contribution < 1.29 is 31.4 Å². The maximum absolute atomic E-state index is 14.5. The molecule has 176 valence electrons. The SMILES string of the molecule is COc1c([C@H]2[C@H](c3cc(=O)c4cc(Cl)ccc4[nH]3)O[C@@](C)(C(F)(F)F)[C@H]2C)ccc(F)c1F. The molecule has 0 unspecified atom stereocenters. The molecule has 0 bridgehead atoms. The second kappa shape index (κ2) is 7.99. The summed E-state index contributed by atoms with van der Waals surface area (Å²) in [5, 5.41) is 0.568. The van der Waals surface area contributed by atoms with Gasteiger partial charge in [-0.3, -0.25) is 4.79 Å². The first-order chi connectivity index (χ1) is 15.4. The molecule has 0 spiro atoms. The summed E-state index contributed by atoms with van der Waals surface area (Å²) < 4.78 is 81.2. The van der Waals surface area contributed by atoms with E-state index in [1.807, 2.05) is 0 Å². The third-order valence-corrected chi connectivity index (χ3v) is 6.67. The fraction of sp³-hybridized carbons (Fsp3) is 0.348. The molecule has 4 rings (SSSR count). The molecule has 4 nitrogen and oxygen atoms in total. The normalized spacial score (nSPS) is 25.5. The molecular formula is C23H19ClF5NO3. The Labute approximate surface area is 190 Å². The topological polar surface area (TPSA) is 51.3 Å². The predicted molar refractivity (Wildman–Crippen MR) is 113 cm³/mol. The van der Waals surface area contributed by atoms with Crippen LogP contribution in [0.15, 0.2) is 41.2 Å². The minimum atomic E-state index is -4.78. The van der Waals surface area contributed by atoms with Gasteiger partial charge in [0.25, 0.3) is 0 Å². The van der Waals surface area contributed by atoms with E-state index in [0.29, 0.717) is 10.5 Å². The van der Waals surface area contributed by atoms with Gasteiger partial charge in [-0.25, -0.2) is 4.39 Å². The van der Waals surface area contributed by atoms with Crippen molar-refractivity contribution in [2.75, 3.05) is 7.11 Å². The number of hydrogen-bond acceptors (Lipinski definition) is 3. The summed E-state index contributed by atoms with van der Waals surface area (Å²) in [5.41, 5.74) is -2.71. The van der Waals surface area contributed by atoms with Gasteiger partial charge in [-0.2, -0.15) is 17.6 Å². The first-order valence-corrected chi connectivity index (χ1v) is 10.4. The largest absolute Gasteiger partial charge is 0.493 e. The van der Waals surface area contributed by atoms with Gasteiger partial charge < -0.3 is 14.5 Å². The lowest BCUT2D eigenvalue weighted by Crippen LogP contribution is -2.46. The van der Waals surface area contributed by atoms with E-state index in [-0.39, 0.29) is 16.6 Å². The van der Waals surface area contributed by atoms with Crippen LogP contribution in [0.1, 0.15) is 37.1 Å².